The largest absolute Gasteiger partial charge is 0.345 e. The third-order valence-corrected chi connectivity index (χ3v) is 6.53. The quantitative estimate of drug-likeness (QED) is 0.618. The number of anilines is 1. The first-order valence-corrected chi connectivity index (χ1v) is 11.3. The van der Waals surface area contributed by atoms with Gasteiger partial charge in [-0.3, -0.25) is 0 Å². The molecule has 3 aromatic rings. The number of carbonyl (C=O) groups is 1. The van der Waals surface area contributed by atoms with Gasteiger partial charge in [0.15, 0.2) is 5.13 Å². The van der Waals surface area contributed by atoms with E-state index in [0.29, 0.717) is 6.54 Å². The van der Waals surface area contributed by atoms with Crippen LogP contribution in [0.2, 0.25) is 0 Å². The molecule has 29 heavy (non-hydrogen) atoms. The van der Waals surface area contributed by atoms with Crippen LogP contribution < -0.4 is 10.2 Å². The lowest BCUT2D eigenvalue weighted by molar-refractivity contribution is 0.194. The van der Waals surface area contributed by atoms with Gasteiger partial charge in [-0.1, -0.05) is 54.7 Å². The Kier molecular flexibility index (Phi) is 6.30. The molecule has 0 atom stereocenters. The fourth-order valence-corrected chi connectivity index (χ4v) is 4.74. The Labute approximate surface area is 176 Å². The maximum absolute atomic E-state index is 12.4. The van der Waals surface area contributed by atoms with Crippen molar-refractivity contribution in [3.8, 4) is 0 Å². The van der Waals surface area contributed by atoms with Crippen molar-refractivity contribution in [3.63, 3.8) is 0 Å². The topological polar surface area (TPSA) is 48.5 Å². The molecule has 0 aliphatic carbocycles. The fraction of sp³-hybridized carbons (Fsp3) is 0.391. The summed E-state index contributed by atoms with van der Waals surface area (Å²) in [5.41, 5.74) is 3.74. The second kappa shape index (κ2) is 9.27. The molecule has 4 rings (SSSR count). The summed E-state index contributed by atoms with van der Waals surface area (Å²) in [4.78, 5) is 21.5. The van der Waals surface area contributed by atoms with E-state index >= 15 is 0 Å². The average molecular weight is 409 g/mol. The second-order valence-electron chi connectivity index (χ2n) is 7.45. The van der Waals surface area contributed by atoms with Gasteiger partial charge in [-0.25, -0.2) is 9.78 Å². The van der Waals surface area contributed by atoms with Gasteiger partial charge < -0.3 is 15.1 Å². The van der Waals surface area contributed by atoms with Crippen LogP contribution >= 0.6 is 11.3 Å². The molecule has 1 saturated heterocycles. The van der Waals surface area contributed by atoms with Crippen LogP contribution in [0.5, 0.6) is 0 Å². The second-order valence-corrected chi connectivity index (χ2v) is 8.46. The molecule has 1 aliphatic rings. The van der Waals surface area contributed by atoms with Crippen LogP contribution in [0.1, 0.15) is 24.5 Å². The van der Waals surface area contributed by atoms with Crippen molar-refractivity contribution in [3.05, 3.63) is 59.7 Å². The van der Waals surface area contributed by atoms with E-state index in [0.717, 1.165) is 56.1 Å². The number of thiazole rings is 1. The molecule has 1 aliphatic heterocycles. The lowest BCUT2D eigenvalue weighted by atomic mass is 10.1. The van der Waals surface area contributed by atoms with Crippen molar-refractivity contribution < 1.29 is 4.79 Å². The Balaban J connectivity index is 1.24. The Bertz CT molecular complexity index is 948. The summed E-state index contributed by atoms with van der Waals surface area (Å²) in [6.07, 6.45) is 3.00. The third kappa shape index (κ3) is 4.88. The first kappa shape index (κ1) is 19.7. The van der Waals surface area contributed by atoms with Gasteiger partial charge in [-0.2, -0.15) is 0 Å². The summed E-state index contributed by atoms with van der Waals surface area (Å²) in [5, 5.41) is 4.13. The van der Waals surface area contributed by atoms with E-state index in [1.54, 1.807) is 11.3 Å². The minimum atomic E-state index is 0.0506. The van der Waals surface area contributed by atoms with E-state index in [9.17, 15) is 4.79 Å². The molecule has 152 valence electrons. The minimum Gasteiger partial charge on any atom is -0.345 e. The number of aryl methyl sites for hydroxylation is 2. The van der Waals surface area contributed by atoms with Crippen molar-refractivity contribution >= 4 is 32.7 Å². The summed E-state index contributed by atoms with van der Waals surface area (Å²) >= 11 is 1.75. The smallest absolute Gasteiger partial charge is 0.317 e. The number of fused-ring (bicyclic) bond motifs is 1. The Morgan fingerprint density at radius 3 is 2.62 bits per heavy atom. The van der Waals surface area contributed by atoms with Gasteiger partial charge in [-0.05, 0) is 42.5 Å². The molecule has 0 radical (unpaired) electrons. The summed E-state index contributed by atoms with van der Waals surface area (Å²) in [6, 6.07) is 17.0. The van der Waals surface area contributed by atoms with Crippen molar-refractivity contribution in [1.82, 2.24) is 15.2 Å². The minimum absolute atomic E-state index is 0.0506. The van der Waals surface area contributed by atoms with Crippen molar-refractivity contribution in [2.45, 2.75) is 26.2 Å². The Hall–Kier alpha value is -2.60. The molecule has 2 aromatic carbocycles. The van der Waals surface area contributed by atoms with Crippen molar-refractivity contribution in [1.29, 1.82) is 0 Å². The number of nitrogens with zero attached hydrogens (tertiary/aromatic N) is 3. The molecule has 0 spiro atoms. The van der Waals surface area contributed by atoms with Gasteiger partial charge in [0, 0.05) is 32.7 Å². The van der Waals surface area contributed by atoms with Crippen LogP contribution in [0.25, 0.3) is 10.2 Å². The standard InChI is InChI=1S/C23H28N4OS/c1-2-18-10-11-20-21(17-18)29-23(25-20)27-15-13-26(14-16-27)22(28)24-12-6-9-19-7-4-3-5-8-19/h3-5,7-8,10-11,17H,2,6,9,12-16H2,1H3,(H,24,28). The number of hydrogen-bond donors (Lipinski definition) is 1. The van der Waals surface area contributed by atoms with Crippen LogP contribution in [0, 0.1) is 0 Å². The van der Waals surface area contributed by atoms with Gasteiger partial charge in [0.25, 0.3) is 0 Å². The molecular formula is C23H28N4OS. The van der Waals surface area contributed by atoms with Crippen LogP contribution in [0.3, 0.4) is 0 Å². The molecule has 1 N–H and O–H groups in total. The van der Waals surface area contributed by atoms with Crippen LogP contribution in [-0.4, -0.2) is 48.6 Å². The van der Waals surface area contributed by atoms with E-state index < -0.39 is 0 Å². The molecular weight excluding hydrogens is 380 g/mol. The zero-order valence-electron chi connectivity index (χ0n) is 16.9. The number of nitrogens with one attached hydrogen (secondary N) is 1. The highest BCUT2D eigenvalue weighted by Crippen LogP contribution is 2.30. The van der Waals surface area contributed by atoms with Crippen molar-refractivity contribution in [2.24, 2.45) is 0 Å². The molecule has 1 aromatic heterocycles. The van der Waals surface area contributed by atoms with Gasteiger partial charge in [0.2, 0.25) is 0 Å². The van der Waals surface area contributed by atoms with Gasteiger partial charge in [-0.15, -0.1) is 0 Å². The summed E-state index contributed by atoms with van der Waals surface area (Å²) in [6.45, 7) is 6.03. The monoisotopic (exact) mass is 408 g/mol. The number of benzene rings is 2. The number of hydrogen-bond acceptors (Lipinski definition) is 4. The molecule has 0 bridgehead atoms. The first-order chi connectivity index (χ1) is 14.2. The predicted octanol–water partition coefficient (Wildman–Crippen LogP) is 4.32. The molecule has 6 heteroatoms. The Morgan fingerprint density at radius 1 is 1.07 bits per heavy atom. The summed E-state index contributed by atoms with van der Waals surface area (Å²) in [5.74, 6) is 0. The van der Waals surface area contributed by atoms with Crippen LogP contribution in [-0.2, 0) is 12.8 Å². The SMILES string of the molecule is CCc1ccc2nc(N3CCN(C(=O)NCCCc4ccccc4)CC3)sc2c1. The summed E-state index contributed by atoms with van der Waals surface area (Å²) < 4.78 is 1.25. The van der Waals surface area contributed by atoms with Gasteiger partial charge in [0.05, 0.1) is 10.2 Å². The van der Waals surface area contributed by atoms with Crippen molar-refractivity contribution in [2.75, 3.05) is 37.6 Å². The third-order valence-electron chi connectivity index (χ3n) is 5.45. The maximum Gasteiger partial charge on any atom is 0.317 e. The number of piperazine rings is 1. The first-order valence-electron chi connectivity index (χ1n) is 10.4. The highest BCUT2D eigenvalue weighted by molar-refractivity contribution is 7.22. The number of rotatable bonds is 6. The normalized spacial score (nSPS) is 14.4. The molecule has 2 amide bonds. The summed E-state index contributed by atoms with van der Waals surface area (Å²) in [7, 11) is 0. The van der Waals surface area contributed by atoms with Crippen LogP contribution in [0.15, 0.2) is 48.5 Å². The highest BCUT2D eigenvalue weighted by Gasteiger charge is 2.22. The van der Waals surface area contributed by atoms with E-state index in [2.05, 4.69) is 59.6 Å². The van der Waals surface area contributed by atoms with E-state index in [1.165, 1.54) is 15.8 Å². The van der Waals surface area contributed by atoms with Gasteiger partial charge >= 0.3 is 6.03 Å². The van der Waals surface area contributed by atoms with Gasteiger partial charge in [0.1, 0.15) is 0 Å². The zero-order chi connectivity index (χ0) is 20.1. The Morgan fingerprint density at radius 2 is 1.86 bits per heavy atom. The maximum atomic E-state index is 12.4. The number of carbonyl (C=O) groups excluding carboxylic acids is 1. The van der Waals surface area contributed by atoms with E-state index in [1.807, 2.05) is 11.0 Å². The number of aromatic nitrogens is 1. The molecule has 2 heterocycles. The zero-order valence-corrected chi connectivity index (χ0v) is 17.8. The molecule has 0 unspecified atom stereocenters. The average Bonchev–Trinajstić information content (AvgIpc) is 3.20. The predicted molar refractivity (Wildman–Crippen MR) is 121 cm³/mol. The van der Waals surface area contributed by atoms with E-state index in [4.69, 9.17) is 4.98 Å². The van der Waals surface area contributed by atoms with Crippen LogP contribution in [0.4, 0.5) is 9.93 Å². The number of urea groups is 1. The lowest BCUT2D eigenvalue weighted by Gasteiger charge is -2.34. The lowest BCUT2D eigenvalue weighted by Crippen LogP contribution is -2.52. The van der Waals surface area contributed by atoms with E-state index in [-0.39, 0.29) is 6.03 Å². The molecule has 1 fully saturated rings. The number of amides is 2. The molecule has 0 saturated carbocycles. The fourth-order valence-electron chi connectivity index (χ4n) is 3.66. The molecule has 5 nitrogen and oxygen atoms in total. The highest BCUT2D eigenvalue weighted by atomic mass is 32.1.